The Labute approximate surface area is 165 Å². The second-order valence-electron chi connectivity index (χ2n) is 7.35. The Morgan fingerprint density at radius 3 is 2.46 bits per heavy atom. The monoisotopic (exact) mass is 383 g/mol. The third kappa shape index (κ3) is 5.16. The number of hydrogen-bond acceptors (Lipinski definition) is 3. The minimum Gasteiger partial charge on any atom is -0.345 e. The number of halogens is 1. The summed E-state index contributed by atoms with van der Waals surface area (Å²) >= 11 is 0. The van der Waals surface area contributed by atoms with Crippen LogP contribution in [0.5, 0.6) is 0 Å². The number of benzene rings is 2. The number of aryl methyl sites for hydroxylation is 1. The summed E-state index contributed by atoms with van der Waals surface area (Å²) in [4.78, 5) is 28.3. The molecule has 0 aliphatic carbocycles. The zero-order valence-corrected chi connectivity index (χ0v) is 16.3. The van der Waals surface area contributed by atoms with Crippen molar-refractivity contribution in [1.82, 2.24) is 10.2 Å². The predicted octanol–water partition coefficient (Wildman–Crippen LogP) is 2.88. The van der Waals surface area contributed by atoms with Gasteiger partial charge in [-0.3, -0.25) is 14.5 Å². The van der Waals surface area contributed by atoms with E-state index in [1.54, 1.807) is 0 Å². The van der Waals surface area contributed by atoms with Gasteiger partial charge in [0, 0.05) is 38.4 Å². The van der Waals surface area contributed by atoms with Crippen molar-refractivity contribution in [3.63, 3.8) is 0 Å². The average Bonchev–Trinajstić information content (AvgIpc) is 2.69. The smallest absolute Gasteiger partial charge is 0.316 e. The van der Waals surface area contributed by atoms with Crippen LogP contribution < -0.4 is 10.2 Å². The molecule has 0 bridgehead atoms. The Kier molecular flexibility index (Phi) is 6.41. The Bertz CT molecular complexity index is 830. The molecule has 2 aromatic rings. The van der Waals surface area contributed by atoms with Gasteiger partial charge >= 0.3 is 11.8 Å². The molecular formula is C22H26FN3O2. The lowest BCUT2D eigenvalue weighted by molar-refractivity contribution is -0.138. The highest BCUT2D eigenvalue weighted by Gasteiger charge is 2.25. The van der Waals surface area contributed by atoms with Gasteiger partial charge in [0.1, 0.15) is 5.82 Å². The fraction of sp³-hybridized carbons (Fsp3) is 0.364. The number of amides is 2. The first-order valence-corrected chi connectivity index (χ1v) is 9.54. The summed E-state index contributed by atoms with van der Waals surface area (Å²) in [7, 11) is 1.51. The van der Waals surface area contributed by atoms with Crippen LogP contribution in [0.3, 0.4) is 0 Å². The quantitative estimate of drug-likeness (QED) is 0.826. The van der Waals surface area contributed by atoms with Crippen molar-refractivity contribution >= 4 is 17.5 Å². The topological polar surface area (TPSA) is 52.7 Å². The standard InChI is InChI=1S/C22H26FN3O2/c1-16-4-3-5-17(14-16)15-26-12-10-19(11-13-26)24-21(27)22(28)25(2)20-8-6-18(23)7-9-20/h3-9,14,19H,10-13,15H2,1-2H3,(H,24,27). The van der Waals surface area contributed by atoms with E-state index in [1.165, 1.54) is 47.3 Å². The zero-order valence-electron chi connectivity index (χ0n) is 16.3. The van der Waals surface area contributed by atoms with E-state index in [0.29, 0.717) is 5.69 Å². The van der Waals surface area contributed by atoms with Crippen molar-refractivity contribution in [2.45, 2.75) is 32.4 Å². The lowest BCUT2D eigenvalue weighted by Gasteiger charge is -2.32. The molecule has 1 aliphatic rings. The van der Waals surface area contributed by atoms with Crippen molar-refractivity contribution in [2.75, 3.05) is 25.0 Å². The number of hydrogen-bond donors (Lipinski definition) is 1. The van der Waals surface area contributed by atoms with Gasteiger partial charge in [0.15, 0.2) is 0 Å². The number of anilines is 1. The summed E-state index contributed by atoms with van der Waals surface area (Å²) in [5, 5.41) is 2.84. The van der Waals surface area contributed by atoms with Gasteiger partial charge in [-0.25, -0.2) is 4.39 Å². The number of likely N-dealkylation sites (tertiary alicyclic amines) is 1. The molecule has 0 spiro atoms. The lowest BCUT2D eigenvalue weighted by Crippen LogP contribution is -2.49. The Morgan fingerprint density at radius 2 is 1.82 bits per heavy atom. The molecule has 0 aromatic heterocycles. The maximum Gasteiger partial charge on any atom is 0.316 e. The Balaban J connectivity index is 1.47. The van der Waals surface area contributed by atoms with Crippen LogP contribution in [0, 0.1) is 12.7 Å². The molecule has 0 radical (unpaired) electrons. The number of carbonyl (C=O) groups is 2. The molecule has 1 aliphatic heterocycles. The first-order valence-electron chi connectivity index (χ1n) is 9.54. The van der Waals surface area contributed by atoms with E-state index in [-0.39, 0.29) is 11.9 Å². The van der Waals surface area contributed by atoms with Crippen LogP contribution in [0.15, 0.2) is 48.5 Å². The summed E-state index contributed by atoms with van der Waals surface area (Å²) in [6, 6.07) is 14.0. The van der Waals surface area contributed by atoms with Gasteiger partial charge in [-0.2, -0.15) is 0 Å². The minimum atomic E-state index is -0.645. The molecule has 3 rings (SSSR count). The molecule has 2 aromatic carbocycles. The van der Waals surface area contributed by atoms with Crippen LogP contribution in [-0.4, -0.2) is 42.9 Å². The molecule has 1 N–H and O–H groups in total. The normalized spacial score (nSPS) is 15.2. The summed E-state index contributed by atoms with van der Waals surface area (Å²) < 4.78 is 13.0. The highest BCUT2D eigenvalue weighted by molar-refractivity contribution is 6.40. The molecule has 1 saturated heterocycles. The van der Waals surface area contributed by atoms with Gasteiger partial charge in [-0.05, 0) is 49.6 Å². The van der Waals surface area contributed by atoms with E-state index >= 15 is 0 Å². The number of rotatable bonds is 4. The van der Waals surface area contributed by atoms with Crippen LogP contribution in [0.25, 0.3) is 0 Å². The number of nitrogens with one attached hydrogen (secondary N) is 1. The van der Waals surface area contributed by atoms with Crippen LogP contribution in [0.1, 0.15) is 24.0 Å². The minimum absolute atomic E-state index is 0.00757. The molecule has 5 nitrogen and oxygen atoms in total. The Morgan fingerprint density at radius 1 is 1.14 bits per heavy atom. The molecular weight excluding hydrogens is 357 g/mol. The van der Waals surface area contributed by atoms with Crippen LogP contribution in [0.4, 0.5) is 10.1 Å². The highest BCUT2D eigenvalue weighted by Crippen LogP contribution is 2.16. The SMILES string of the molecule is Cc1cccc(CN2CCC(NC(=O)C(=O)N(C)c3ccc(F)cc3)CC2)c1. The van der Waals surface area contributed by atoms with Crippen molar-refractivity contribution in [1.29, 1.82) is 0 Å². The van der Waals surface area contributed by atoms with Crippen LogP contribution >= 0.6 is 0 Å². The summed E-state index contributed by atoms with van der Waals surface area (Å²) in [6.07, 6.45) is 1.62. The van der Waals surface area contributed by atoms with Gasteiger partial charge in [0.05, 0.1) is 0 Å². The lowest BCUT2D eigenvalue weighted by atomic mass is 10.0. The fourth-order valence-electron chi connectivity index (χ4n) is 3.49. The summed E-state index contributed by atoms with van der Waals surface area (Å²) in [6.45, 7) is 4.74. The molecule has 6 heteroatoms. The van der Waals surface area contributed by atoms with Crippen molar-refractivity contribution < 1.29 is 14.0 Å². The fourth-order valence-corrected chi connectivity index (χ4v) is 3.49. The number of carbonyl (C=O) groups excluding carboxylic acids is 2. The first kappa shape index (κ1) is 20.0. The van der Waals surface area contributed by atoms with E-state index < -0.39 is 11.8 Å². The van der Waals surface area contributed by atoms with Gasteiger partial charge in [0.25, 0.3) is 0 Å². The maximum atomic E-state index is 13.0. The van der Waals surface area contributed by atoms with E-state index in [0.717, 1.165) is 32.5 Å². The van der Waals surface area contributed by atoms with Gasteiger partial charge in [-0.1, -0.05) is 29.8 Å². The number of piperidine rings is 1. The van der Waals surface area contributed by atoms with Gasteiger partial charge < -0.3 is 10.2 Å². The van der Waals surface area contributed by atoms with Crippen molar-refractivity contribution in [3.05, 3.63) is 65.5 Å². The second kappa shape index (κ2) is 8.97. The van der Waals surface area contributed by atoms with E-state index in [9.17, 15) is 14.0 Å². The van der Waals surface area contributed by atoms with Gasteiger partial charge in [-0.15, -0.1) is 0 Å². The largest absolute Gasteiger partial charge is 0.345 e. The molecule has 0 saturated carbocycles. The third-order valence-electron chi connectivity index (χ3n) is 5.12. The summed E-state index contributed by atoms with van der Waals surface area (Å²) in [5.41, 5.74) is 3.02. The van der Waals surface area contributed by atoms with E-state index in [1.807, 2.05) is 0 Å². The predicted molar refractivity (Wildman–Crippen MR) is 107 cm³/mol. The Hall–Kier alpha value is -2.73. The maximum absolute atomic E-state index is 13.0. The molecule has 2 amide bonds. The van der Waals surface area contributed by atoms with E-state index in [4.69, 9.17) is 0 Å². The van der Waals surface area contributed by atoms with Gasteiger partial charge in [0.2, 0.25) is 0 Å². The molecule has 1 heterocycles. The van der Waals surface area contributed by atoms with Crippen molar-refractivity contribution in [3.8, 4) is 0 Å². The van der Waals surface area contributed by atoms with Crippen LogP contribution in [-0.2, 0) is 16.1 Å². The number of likely N-dealkylation sites (N-methyl/N-ethyl adjacent to an activating group) is 1. The van der Waals surface area contributed by atoms with Crippen LogP contribution in [0.2, 0.25) is 0 Å². The molecule has 148 valence electrons. The van der Waals surface area contributed by atoms with Crippen molar-refractivity contribution in [2.24, 2.45) is 0 Å². The third-order valence-corrected chi connectivity index (χ3v) is 5.12. The molecule has 0 unspecified atom stereocenters. The highest BCUT2D eigenvalue weighted by atomic mass is 19.1. The number of nitrogens with zero attached hydrogens (tertiary/aromatic N) is 2. The average molecular weight is 383 g/mol. The molecule has 0 atom stereocenters. The second-order valence-corrected chi connectivity index (χ2v) is 7.35. The summed E-state index contributed by atoms with van der Waals surface area (Å²) in [5.74, 6) is -1.65. The molecule has 28 heavy (non-hydrogen) atoms. The first-order chi connectivity index (χ1) is 13.4. The molecule has 1 fully saturated rings. The zero-order chi connectivity index (χ0) is 20.1. The van der Waals surface area contributed by atoms with E-state index in [2.05, 4.69) is 41.4 Å².